The van der Waals surface area contributed by atoms with Gasteiger partial charge < -0.3 is 20.1 Å². The zero-order chi connectivity index (χ0) is 17.5. The first-order valence-corrected chi connectivity index (χ1v) is 7.55. The van der Waals surface area contributed by atoms with Crippen molar-refractivity contribution in [3.63, 3.8) is 0 Å². The van der Waals surface area contributed by atoms with Crippen molar-refractivity contribution in [3.05, 3.63) is 53.1 Å². The number of Topliss-reactive ketones (excluding diaryl/α,β-unsaturated/α-hetero) is 1. The Bertz CT molecular complexity index is 849. The molecule has 2 aromatic rings. The Balaban J connectivity index is 1.90. The predicted octanol–water partition coefficient (Wildman–Crippen LogP) is 3.41. The van der Waals surface area contributed by atoms with Gasteiger partial charge in [-0.15, -0.1) is 0 Å². The molecule has 3 rings (SSSR count). The van der Waals surface area contributed by atoms with Gasteiger partial charge in [-0.2, -0.15) is 0 Å². The highest BCUT2D eigenvalue weighted by atomic mass is 16.5. The van der Waals surface area contributed by atoms with Crippen molar-refractivity contribution in [1.82, 2.24) is 0 Å². The van der Waals surface area contributed by atoms with Gasteiger partial charge >= 0.3 is 0 Å². The van der Waals surface area contributed by atoms with Crippen molar-refractivity contribution < 1.29 is 24.9 Å². The summed E-state index contributed by atoms with van der Waals surface area (Å²) >= 11 is 0. The number of rotatable bonds is 3. The largest absolute Gasteiger partial charge is 0.508 e. The molecule has 0 radical (unpaired) electrons. The molecule has 0 amide bonds. The minimum Gasteiger partial charge on any atom is -0.508 e. The van der Waals surface area contributed by atoms with Gasteiger partial charge in [-0.25, -0.2) is 0 Å². The van der Waals surface area contributed by atoms with E-state index in [9.17, 15) is 20.1 Å². The molecule has 0 fully saturated rings. The molecule has 0 aromatic heterocycles. The number of ketones is 1. The number of phenols is 3. The first-order chi connectivity index (χ1) is 11.3. The monoisotopic (exact) mass is 326 g/mol. The van der Waals surface area contributed by atoms with Gasteiger partial charge in [0.15, 0.2) is 5.78 Å². The summed E-state index contributed by atoms with van der Waals surface area (Å²) in [6.07, 6.45) is 3.54. The molecule has 1 heterocycles. The van der Waals surface area contributed by atoms with E-state index in [0.29, 0.717) is 16.9 Å². The van der Waals surface area contributed by atoms with Crippen molar-refractivity contribution in [2.75, 3.05) is 0 Å². The Morgan fingerprint density at radius 3 is 2.58 bits per heavy atom. The predicted molar refractivity (Wildman–Crippen MR) is 89.7 cm³/mol. The van der Waals surface area contributed by atoms with E-state index in [-0.39, 0.29) is 35.0 Å². The van der Waals surface area contributed by atoms with Gasteiger partial charge in [0.2, 0.25) is 0 Å². The summed E-state index contributed by atoms with van der Waals surface area (Å²) in [4.78, 5) is 12.4. The second-order valence-corrected chi connectivity index (χ2v) is 6.33. The van der Waals surface area contributed by atoms with Crippen molar-refractivity contribution in [2.45, 2.75) is 25.9 Å². The van der Waals surface area contributed by atoms with Gasteiger partial charge in [-0.05, 0) is 44.2 Å². The molecule has 0 saturated heterocycles. The van der Waals surface area contributed by atoms with E-state index in [0.717, 1.165) is 6.07 Å². The number of benzene rings is 2. The standard InChI is InChI=1S/C19H18O5/c1-19(2)8-7-14-17(24-19)6-3-11(18(14)23)9-15(21)13-5-4-12(20)10-16(13)22/h3-8,10,20,22-23H,9H2,1-2H3. The van der Waals surface area contributed by atoms with Crippen LogP contribution in [0.5, 0.6) is 23.0 Å². The van der Waals surface area contributed by atoms with Gasteiger partial charge in [-0.1, -0.05) is 6.07 Å². The van der Waals surface area contributed by atoms with E-state index in [1.54, 1.807) is 18.2 Å². The van der Waals surface area contributed by atoms with Crippen molar-refractivity contribution in [1.29, 1.82) is 0 Å². The minimum absolute atomic E-state index is 0.00846. The van der Waals surface area contributed by atoms with Gasteiger partial charge in [0, 0.05) is 18.1 Å². The summed E-state index contributed by atoms with van der Waals surface area (Å²) in [6, 6.07) is 7.16. The molecule has 0 aliphatic carbocycles. The lowest BCUT2D eigenvalue weighted by molar-refractivity contribution is 0.0989. The fraction of sp³-hybridized carbons (Fsp3) is 0.211. The second-order valence-electron chi connectivity index (χ2n) is 6.33. The Labute approximate surface area is 139 Å². The molecule has 2 aromatic carbocycles. The molecular formula is C19H18O5. The average molecular weight is 326 g/mol. The van der Waals surface area contributed by atoms with Gasteiger partial charge in [0.1, 0.15) is 28.6 Å². The van der Waals surface area contributed by atoms with Crippen LogP contribution in [0, 0.1) is 0 Å². The Morgan fingerprint density at radius 2 is 1.88 bits per heavy atom. The summed E-state index contributed by atoms with van der Waals surface area (Å²) in [5.41, 5.74) is 0.626. The fourth-order valence-electron chi connectivity index (χ4n) is 2.65. The van der Waals surface area contributed by atoms with Crippen LogP contribution < -0.4 is 4.74 Å². The number of aromatic hydroxyl groups is 3. The van der Waals surface area contributed by atoms with E-state index in [4.69, 9.17) is 4.74 Å². The lowest BCUT2D eigenvalue weighted by Crippen LogP contribution is -2.27. The molecule has 0 saturated carbocycles. The highest BCUT2D eigenvalue weighted by molar-refractivity contribution is 6.00. The number of fused-ring (bicyclic) bond motifs is 1. The van der Waals surface area contributed by atoms with Crippen LogP contribution in [-0.4, -0.2) is 26.7 Å². The maximum atomic E-state index is 12.4. The van der Waals surface area contributed by atoms with Crippen LogP contribution in [0.4, 0.5) is 0 Å². The highest BCUT2D eigenvalue weighted by Gasteiger charge is 2.25. The molecule has 0 unspecified atom stereocenters. The number of carbonyl (C=O) groups is 1. The summed E-state index contributed by atoms with van der Waals surface area (Å²) in [6.45, 7) is 3.82. The molecule has 0 atom stereocenters. The SMILES string of the molecule is CC1(C)C=Cc2c(ccc(CC(=O)c3ccc(O)cc3O)c2O)O1. The van der Waals surface area contributed by atoms with E-state index < -0.39 is 5.60 Å². The van der Waals surface area contributed by atoms with Crippen molar-refractivity contribution in [3.8, 4) is 23.0 Å². The molecule has 1 aliphatic heterocycles. The summed E-state index contributed by atoms with van der Waals surface area (Å²) < 4.78 is 5.78. The molecule has 5 heteroatoms. The van der Waals surface area contributed by atoms with Crippen LogP contribution in [0.2, 0.25) is 0 Å². The van der Waals surface area contributed by atoms with Crippen LogP contribution in [-0.2, 0) is 6.42 Å². The number of hydrogen-bond acceptors (Lipinski definition) is 5. The van der Waals surface area contributed by atoms with Crippen LogP contribution in [0.1, 0.15) is 35.3 Å². The lowest BCUT2D eigenvalue weighted by atomic mass is 9.96. The zero-order valence-electron chi connectivity index (χ0n) is 13.4. The third kappa shape index (κ3) is 2.93. The molecule has 3 N–H and O–H groups in total. The average Bonchev–Trinajstić information content (AvgIpc) is 2.49. The van der Waals surface area contributed by atoms with Crippen LogP contribution in [0.3, 0.4) is 0 Å². The molecule has 1 aliphatic rings. The van der Waals surface area contributed by atoms with E-state index in [1.807, 2.05) is 19.9 Å². The second kappa shape index (κ2) is 5.60. The maximum Gasteiger partial charge on any atom is 0.171 e. The van der Waals surface area contributed by atoms with E-state index in [1.165, 1.54) is 12.1 Å². The van der Waals surface area contributed by atoms with Crippen LogP contribution >= 0.6 is 0 Å². The maximum absolute atomic E-state index is 12.4. The minimum atomic E-state index is -0.450. The van der Waals surface area contributed by atoms with Gasteiger partial charge in [0.05, 0.1) is 11.1 Å². The van der Waals surface area contributed by atoms with Gasteiger partial charge in [-0.3, -0.25) is 4.79 Å². The normalized spacial score (nSPS) is 14.8. The Morgan fingerprint density at radius 1 is 1.12 bits per heavy atom. The summed E-state index contributed by atoms with van der Waals surface area (Å²) in [5.74, 6) is -0.216. The van der Waals surface area contributed by atoms with Crippen molar-refractivity contribution in [2.24, 2.45) is 0 Å². The third-order valence-corrected chi connectivity index (χ3v) is 3.92. The topological polar surface area (TPSA) is 87.0 Å². The van der Waals surface area contributed by atoms with Gasteiger partial charge in [0.25, 0.3) is 0 Å². The summed E-state index contributed by atoms with van der Waals surface area (Å²) in [5, 5.41) is 29.5. The molecule has 0 bridgehead atoms. The molecular weight excluding hydrogens is 308 g/mol. The molecule has 24 heavy (non-hydrogen) atoms. The Hall–Kier alpha value is -2.95. The number of phenolic OH excluding ortho intramolecular Hbond substituents is 3. The molecule has 5 nitrogen and oxygen atoms in total. The third-order valence-electron chi connectivity index (χ3n) is 3.92. The van der Waals surface area contributed by atoms with E-state index in [2.05, 4.69) is 0 Å². The number of carbonyl (C=O) groups excluding carboxylic acids is 1. The van der Waals surface area contributed by atoms with Crippen molar-refractivity contribution >= 4 is 11.9 Å². The highest BCUT2D eigenvalue weighted by Crippen LogP contribution is 2.39. The quantitative estimate of drug-likeness (QED) is 0.752. The number of ether oxygens (including phenoxy) is 1. The first-order valence-electron chi connectivity index (χ1n) is 7.55. The zero-order valence-corrected chi connectivity index (χ0v) is 13.4. The molecule has 124 valence electrons. The lowest BCUT2D eigenvalue weighted by Gasteiger charge is -2.28. The fourth-order valence-corrected chi connectivity index (χ4v) is 2.65. The van der Waals surface area contributed by atoms with E-state index >= 15 is 0 Å². The van der Waals surface area contributed by atoms with Crippen LogP contribution in [0.25, 0.3) is 6.08 Å². The number of hydrogen-bond donors (Lipinski definition) is 3. The first kappa shape index (κ1) is 15.9. The molecule has 0 spiro atoms. The summed E-state index contributed by atoms with van der Waals surface area (Å²) in [7, 11) is 0. The Kier molecular flexibility index (Phi) is 3.72. The van der Waals surface area contributed by atoms with Crippen LogP contribution in [0.15, 0.2) is 36.4 Å². The smallest absolute Gasteiger partial charge is 0.171 e.